The normalized spacial score (nSPS) is 21.8. The van der Waals surface area contributed by atoms with Crippen LogP contribution in [-0.4, -0.2) is 50.1 Å². The van der Waals surface area contributed by atoms with Crippen LogP contribution in [0.1, 0.15) is 28.7 Å². The van der Waals surface area contributed by atoms with Gasteiger partial charge in [-0.25, -0.2) is 4.68 Å². The van der Waals surface area contributed by atoms with Gasteiger partial charge in [-0.3, -0.25) is 9.69 Å². The van der Waals surface area contributed by atoms with Crippen molar-refractivity contribution in [2.75, 3.05) is 13.1 Å². The number of nitrogens with zero attached hydrogens (tertiary/aromatic N) is 3. The predicted molar refractivity (Wildman–Crippen MR) is 119 cm³/mol. The lowest BCUT2D eigenvalue weighted by molar-refractivity contribution is -0.163. The predicted octanol–water partition coefficient (Wildman–Crippen LogP) is 3.37. The Hall–Kier alpha value is -2.96. The van der Waals surface area contributed by atoms with Gasteiger partial charge < -0.3 is 10.2 Å². The van der Waals surface area contributed by atoms with Crippen LogP contribution in [0.2, 0.25) is 0 Å². The first-order chi connectivity index (χ1) is 14.9. The van der Waals surface area contributed by atoms with Crippen LogP contribution in [0.25, 0.3) is 5.69 Å². The van der Waals surface area contributed by atoms with Gasteiger partial charge in [0.2, 0.25) is 0 Å². The van der Waals surface area contributed by atoms with E-state index in [0.717, 1.165) is 16.8 Å². The molecular formula is C25H29N3O3. The number of carboxylic acid groups (broad SMARTS) is 1. The molecule has 1 aliphatic heterocycles. The quantitative estimate of drug-likeness (QED) is 0.641. The van der Waals surface area contributed by atoms with Crippen LogP contribution in [0, 0.1) is 19.3 Å². The number of aliphatic hydroxyl groups is 1. The Kier molecular flexibility index (Phi) is 5.94. The molecule has 2 N–H and O–H groups in total. The van der Waals surface area contributed by atoms with E-state index >= 15 is 0 Å². The maximum atomic E-state index is 12.3. The Morgan fingerprint density at radius 2 is 1.90 bits per heavy atom. The highest BCUT2D eigenvalue weighted by molar-refractivity contribution is 5.76. The van der Waals surface area contributed by atoms with Crippen LogP contribution in [0.5, 0.6) is 0 Å². The number of carbonyl (C=O) groups is 1. The van der Waals surface area contributed by atoms with Crippen LogP contribution in [0.15, 0.2) is 60.9 Å². The van der Waals surface area contributed by atoms with Crippen molar-refractivity contribution in [2.24, 2.45) is 5.41 Å². The van der Waals surface area contributed by atoms with Gasteiger partial charge in [-0.05, 0) is 55.5 Å². The molecule has 1 fully saturated rings. The molecule has 2 atom stereocenters. The van der Waals surface area contributed by atoms with Crippen LogP contribution in [0.3, 0.4) is 0 Å². The first-order valence-electron chi connectivity index (χ1n) is 10.7. The summed E-state index contributed by atoms with van der Waals surface area (Å²) in [7, 11) is 0. The summed E-state index contributed by atoms with van der Waals surface area (Å²) in [5.74, 6) is -0.945. The highest BCUT2D eigenvalue weighted by Crippen LogP contribution is 2.35. The number of piperidine rings is 1. The van der Waals surface area contributed by atoms with Crippen LogP contribution in [-0.2, 0) is 17.8 Å². The molecule has 1 saturated heterocycles. The number of hydrogen-bond acceptors (Lipinski definition) is 4. The molecule has 3 aromatic rings. The van der Waals surface area contributed by atoms with Crippen LogP contribution in [0.4, 0.5) is 0 Å². The molecule has 4 rings (SSSR count). The summed E-state index contributed by atoms with van der Waals surface area (Å²) in [6, 6.07) is 15.8. The summed E-state index contributed by atoms with van der Waals surface area (Å²) in [4.78, 5) is 14.5. The van der Waals surface area contributed by atoms with E-state index in [2.05, 4.69) is 36.0 Å². The van der Waals surface area contributed by atoms with Gasteiger partial charge in [0.15, 0.2) is 0 Å². The molecule has 2 aromatic carbocycles. The van der Waals surface area contributed by atoms with Gasteiger partial charge in [-0.2, -0.15) is 5.10 Å². The largest absolute Gasteiger partial charge is 0.481 e. The second-order valence-electron chi connectivity index (χ2n) is 8.70. The van der Waals surface area contributed by atoms with E-state index in [4.69, 9.17) is 0 Å². The van der Waals surface area contributed by atoms with Gasteiger partial charge in [-0.1, -0.05) is 36.4 Å². The molecule has 0 amide bonds. The van der Waals surface area contributed by atoms with Crippen molar-refractivity contribution in [2.45, 2.75) is 39.3 Å². The van der Waals surface area contributed by atoms with Crippen molar-refractivity contribution in [1.82, 2.24) is 14.7 Å². The molecule has 162 valence electrons. The second kappa shape index (κ2) is 8.65. The van der Waals surface area contributed by atoms with Crippen molar-refractivity contribution in [1.29, 1.82) is 0 Å². The zero-order valence-electron chi connectivity index (χ0n) is 18.0. The molecule has 1 aliphatic rings. The lowest BCUT2D eigenvalue weighted by Crippen LogP contribution is -2.56. The lowest BCUT2D eigenvalue weighted by atomic mass is 9.73. The molecule has 1 aromatic heterocycles. The summed E-state index contributed by atoms with van der Waals surface area (Å²) >= 11 is 0. The van der Waals surface area contributed by atoms with E-state index in [9.17, 15) is 15.0 Å². The first kappa shape index (κ1) is 21.3. The van der Waals surface area contributed by atoms with Gasteiger partial charge >= 0.3 is 5.97 Å². The molecule has 2 heterocycles. The SMILES string of the molecule is Cc1ccc(-n2cc(CN3CC[C@H](O)[C@@](Cc4ccccc4)(C(=O)O)C3)cn2)cc1C. The fraction of sp³-hybridized carbons (Fsp3) is 0.360. The summed E-state index contributed by atoms with van der Waals surface area (Å²) in [5.41, 5.74) is 4.19. The zero-order chi connectivity index (χ0) is 22.0. The molecule has 0 unspecified atom stereocenters. The Morgan fingerprint density at radius 3 is 2.61 bits per heavy atom. The summed E-state index contributed by atoms with van der Waals surface area (Å²) < 4.78 is 1.86. The number of hydrogen-bond donors (Lipinski definition) is 2. The summed E-state index contributed by atoms with van der Waals surface area (Å²) in [5, 5.41) is 25.3. The molecule has 0 radical (unpaired) electrons. The lowest BCUT2D eigenvalue weighted by Gasteiger charge is -2.43. The standard InChI is InChI=1S/C25H29N3O3/c1-18-8-9-22(12-19(18)2)28-16-21(14-26-28)15-27-11-10-23(29)25(17-27,24(30)31)13-20-6-4-3-5-7-20/h3-9,12,14,16,23,29H,10-11,13,15,17H2,1-2H3,(H,30,31)/t23-,25-/m0/s1. The Balaban J connectivity index is 1.52. The van der Waals surface area contributed by atoms with Gasteiger partial charge in [0, 0.05) is 31.4 Å². The van der Waals surface area contributed by atoms with Gasteiger partial charge in [0.1, 0.15) is 5.41 Å². The highest BCUT2D eigenvalue weighted by Gasteiger charge is 2.49. The average Bonchev–Trinajstić information content (AvgIpc) is 3.21. The van der Waals surface area contributed by atoms with Crippen molar-refractivity contribution in [3.8, 4) is 5.69 Å². The Bertz CT molecular complexity index is 1060. The average molecular weight is 420 g/mol. The van der Waals surface area contributed by atoms with E-state index < -0.39 is 17.5 Å². The minimum Gasteiger partial charge on any atom is -0.481 e. The van der Waals surface area contributed by atoms with E-state index in [0.29, 0.717) is 32.5 Å². The molecule has 0 aliphatic carbocycles. The number of carboxylic acids is 1. The van der Waals surface area contributed by atoms with Gasteiger partial charge in [0.05, 0.1) is 18.0 Å². The third kappa shape index (κ3) is 4.40. The van der Waals surface area contributed by atoms with Crippen molar-refractivity contribution in [3.05, 3.63) is 83.2 Å². The Labute approximate surface area is 182 Å². The summed E-state index contributed by atoms with van der Waals surface area (Å²) in [6.45, 7) is 5.72. The minimum atomic E-state index is -1.22. The minimum absolute atomic E-state index is 0.299. The topological polar surface area (TPSA) is 78.6 Å². The molecule has 0 saturated carbocycles. The van der Waals surface area contributed by atoms with E-state index in [-0.39, 0.29) is 0 Å². The highest BCUT2D eigenvalue weighted by atomic mass is 16.4. The van der Waals surface area contributed by atoms with Crippen molar-refractivity contribution >= 4 is 5.97 Å². The fourth-order valence-electron chi connectivity index (χ4n) is 4.43. The molecule has 6 nitrogen and oxygen atoms in total. The molecule has 0 bridgehead atoms. The molecular weight excluding hydrogens is 390 g/mol. The maximum Gasteiger partial charge on any atom is 0.313 e. The Morgan fingerprint density at radius 1 is 1.13 bits per heavy atom. The number of aryl methyl sites for hydroxylation is 2. The van der Waals surface area contributed by atoms with E-state index in [1.165, 1.54) is 11.1 Å². The number of aliphatic hydroxyl groups excluding tert-OH is 1. The van der Waals surface area contributed by atoms with Gasteiger partial charge in [0.25, 0.3) is 0 Å². The fourth-order valence-corrected chi connectivity index (χ4v) is 4.43. The summed E-state index contributed by atoms with van der Waals surface area (Å²) in [6.07, 6.45) is 3.70. The molecule has 0 spiro atoms. The number of benzene rings is 2. The van der Waals surface area contributed by atoms with Crippen molar-refractivity contribution < 1.29 is 15.0 Å². The number of aliphatic carboxylic acids is 1. The number of aromatic nitrogens is 2. The van der Waals surface area contributed by atoms with Crippen LogP contribution >= 0.6 is 0 Å². The second-order valence-corrected chi connectivity index (χ2v) is 8.70. The van der Waals surface area contributed by atoms with E-state index in [1.807, 2.05) is 53.5 Å². The zero-order valence-corrected chi connectivity index (χ0v) is 18.0. The molecule has 6 heteroatoms. The maximum absolute atomic E-state index is 12.3. The number of rotatable bonds is 6. The third-order valence-electron chi connectivity index (χ3n) is 6.45. The third-order valence-corrected chi connectivity index (χ3v) is 6.45. The van der Waals surface area contributed by atoms with Gasteiger partial charge in [-0.15, -0.1) is 0 Å². The van der Waals surface area contributed by atoms with Crippen LogP contribution < -0.4 is 0 Å². The first-order valence-corrected chi connectivity index (χ1v) is 10.7. The van der Waals surface area contributed by atoms with E-state index in [1.54, 1.807) is 0 Å². The van der Waals surface area contributed by atoms with Crippen molar-refractivity contribution in [3.63, 3.8) is 0 Å². The molecule has 31 heavy (non-hydrogen) atoms. The monoisotopic (exact) mass is 419 g/mol. The smallest absolute Gasteiger partial charge is 0.313 e. The number of likely N-dealkylation sites (tertiary alicyclic amines) is 1.